The van der Waals surface area contributed by atoms with Gasteiger partial charge in [-0.3, -0.25) is 4.90 Å². The molecule has 1 aromatic heterocycles. The average molecular weight is 330 g/mol. The van der Waals surface area contributed by atoms with E-state index >= 15 is 0 Å². The minimum atomic E-state index is -0.975. The summed E-state index contributed by atoms with van der Waals surface area (Å²) in [5, 5.41) is 11.3. The van der Waals surface area contributed by atoms with E-state index in [4.69, 9.17) is 5.11 Å². The molecule has 2 heterocycles. The molecule has 122 valence electrons. The highest BCUT2D eigenvalue weighted by Crippen LogP contribution is 2.26. The summed E-state index contributed by atoms with van der Waals surface area (Å²) in [6.45, 7) is 7.97. The van der Waals surface area contributed by atoms with Crippen LogP contribution in [0.25, 0.3) is 10.6 Å². The lowest BCUT2D eigenvalue weighted by Gasteiger charge is -2.35. The van der Waals surface area contributed by atoms with Crippen LogP contribution < -0.4 is 0 Å². The molecular weight excluding hydrogens is 308 g/mol. The smallest absolute Gasteiger partial charge is 0.355 e. The lowest BCUT2D eigenvalue weighted by molar-refractivity contribution is 0.0691. The second-order valence-electron chi connectivity index (χ2n) is 6.68. The van der Waals surface area contributed by atoms with E-state index in [0.717, 1.165) is 29.0 Å². The molecule has 1 saturated heterocycles. The van der Waals surface area contributed by atoms with Crippen LogP contribution >= 0.6 is 11.3 Å². The molecule has 23 heavy (non-hydrogen) atoms. The van der Waals surface area contributed by atoms with Crippen LogP contribution in [0.4, 0.5) is 0 Å². The molecule has 2 atom stereocenters. The summed E-state index contributed by atoms with van der Waals surface area (Å²) in [5.41, 5.74) is 2.39. The Hall–Kier alpha value is -1.72. The van der Waals surface area contributed by atoms with E-state index in [1.807, 2.05) is 12.1 Å². The number of thiazole rings is 1. The van der Waals surface area contributed by atoms with Gasteiger partial charge in [-0.1, -0.05) is 38.1 Å². The first-order valence-corrected chi connectivity index (χ1v) is 8.89. The summed E-state index contributed by atoms with van der Waals surface area (Å²) in [6.07, 6.45) is 1.32. The highest BCUT2D eigenvalue weighted by molar-refractivity contribution is 7.13. The van der Waals surface area contributed by atoms with Crippen LogP contribution in [0, 0.1) is 11.8 Å². The first kappa shape index (κ1) is 16.1. The van der Waals surface area contributed by atoms with Gasteiger partial charge in [0.25, 0.3) is 0 Å². The number of carboxylic acids is 1. The number of rotatable bonds is 4. The van der Waals surface area contributed by atoms with Gasteiger partial charge >= 0.3 is 5.97 Å². The third-order valence-corrected chi connectivity index (χ3v) is 5.17. The maximum atomic E-state index is 10.9. The maximum absolute atomic E-state index is 10.9. The van der Waals surface area contributed by atoms with Gasteiger partial charge < -0.3 is 5.11 Å². The second-order valence-corrected chi connectivity index (χ2v) is 7.54. The molecule has 0 saturated carbocycles. The van der Waals surface area contributed by atoms with Gasteiger partial charge in [0, 0.05) is 30.6 Å². The standard InChI is InChI=1S/C18H22N2O2S/c1-12-7-13(2)9-20(8-12)10-14-3-5-15(6-4-14)17-19-16(11-23-17)18(21)22/h3-6,11-13H,7-10H2,1-2H3,(H,21,22). The van der Waals surface area contributed by atoms with E-state index in [2.05, 4.69) is 35.9 Å². The average Bonchev–Trinajstić information content (AvgIpc) is 2.97. The molecule has 1 aliphatic rings. The van der Waals surface area contributed by atoms with Crippen molar-refractivity contribution in [3.63, 3.8) is 0 Å². The van der Waals surface area contributed by atoms with Crippen molar-refractivity contribution in [3.05, 3.63) is 40.9 Å². The van der Waals surface area contributed by atoms with Crippen molar-refractivity contribution in [1.82, 2.24) is 9.88 Å². The van der Waals surface area contributed by atoms with Crippen LogP contribution in [0.1, 0.15) is 36.3 Å². The van der Waals surface area contributed by atoms with Gasteiger partial charge in [-0.15, -0.1) is 11.3 Å². The second kappa shape index (κ2) is 6.81. The first-order chi connectivity index (χ1) is 11.0. The zero-order valence-corrected chi connectivity index (χ0v) is 14.3. The number of benzene rings is 1. The van der Waals surface area contributed by atoms with E-state index < -0.39 is 5.97 Å². The van der Waals surface area contributed by atoms with Crippen LogP contribution in [0.15, 0.2) is 29.6 Å². The molecular formula is C18H22N2O2S. The minimum absolute atomic E-state index is 0.116. The van der Waals surface area contributed by atoms with Crippen LogP contribution in [0.5, 0.6) is 0 Å². The van der Waals surface area contributed by atoms with Gasteiger partial charge in [0.1, 0.15) is 5.01 Å². The van der Waals surface area contributed by atoms with E-state index in [1.54, 1.807) is 5.38 Å². The molecule has 1 aliphatic heterocycles. The van der Waals surface area contributed by atoms with Crippen molar-refractivity contribution < 1.29 is 9.90 Å². The lowest BCUT2D eigenvalue weighted by atomic mass is 9.91. The molecule has 1 N–H and O–H groups in total. The first-order valence-electron chi connectivity index (χ1n) is 8.01. The molecule has 0 amide bonds. The van der Waals surface area contributed by atoms with Gasteiger partial charge in [0.15, 0.2) is 5.69 Å². The Labute approximate surface area is 140 Å². The van der Waals surface area contributed by atoms with Crippen LogP contribution in [-0.4, -0.2) is 34.0 Å². The van der Waals surface area contributed by atoms with Crippen molar-refractivity contribution in [2.45, 2.75) is 26.8 Å². The quantitative estimate of drug-likeness (QED) is 0.921. The molecule has 0 spiro atoms. The number of likely N-dealkylation sites (tertiary alicyclic amines) is 1. The van der Waals surface area contributed by atoms with E-state index in [9.17, 15) is 4.79 Å². The summed E-state index contributed by atoms with van der Waals surface area (Å²) >= 11 is 1.37. The predicted octanol–water partition coefficient (Wildman–Crippen LogP) is 3.99. The zero-order chi connectivity index (χ0) is 16.4. The van der Waals surface area contributed by atoms with Crippen molar-refractivity contribution in [2.24, 2.45) is 11.8 Å². The Morgan fingerprint density at radius 2 is 1.91 bits per heavy atom. The molecule has 0 aliphatic carbocycles. The Morgan fingerprint density at radius 3 is 2.48 bits per heavy atom. The van der Waals surface area contributed by atoms with Crippen LogP contribution in [0.2, 0.25) is 0 Å². The normalized spacial score (nSPS) is 22.2. The van der Waals surface area contributed by atoms with Gasteiger partial charge in [0.2, 0.25) is 0 Å². The molecule has 2 unspecified atom stereocenters. The Kier molecular flexibility index (Phi) is 4.78. The monoisotopic (exact) mass is 330 g/mol. The fraction of sp³-hybridized carbons (Fsp3) is 0.444. The fourth-order valence-electron chi connectivity index (χ4n) is 3.44. The SMILES string of the molecule is CC1CC(C)CN(Cc2ccc(-c3nc(C(=O)O)cs3)cc2)C1. The number of carboxylic acid groups (broad SMARTS) is 1. The third-order valence-electron chi connectivity index (χ3n) is 4.27. The molecule has 1 aromatic carbocycles. The maximum Gasteiger partial charge on any atom is 0.355 e. The Morgan fingerprint density at radius 1 is 1.26 bits per heavy atom. The van der Waals surface area contributed by atoms with Crippen molar-refractivity contribution in [1.29, 1.82) is 0 Å². The number of aromatic carboxylic acids is 1. The third kappa shape index (κ3) is 3.98. The topological polar surface area (TPSA) is 53.4 Å². The molecule has 0 radical (unpaired) electrons. The highest BCUT2D eigenvalue weighted by atomic mass is 32.1. The van der Waals surface area contributed by atoms with E-state index in [-0.39, 0.29) is 5.69 Å². The molecule has 0 bridgehead atoms. The number of aromatic nitrogens is 1. The molecule has 1 fully saturated rings. The van der Waals surface area contributed by atoms with E-state index in [0.29, 0.717) is 0 Å². The van der Waals surface area contributed by atoms with Crippen molar-refractivity contribution >= 4 is 17.3 Å². The minimum Gasteiger partial charge on any atom is -0.476 e. The molecule has 2 aromatic rings. The van der Waals surface area contributed by atoms with Gasteiger partial charge in [0.05, 0.1) is 0 Å². The number of carbonyl (C=O) groups is 1. The van der Waals surface area contributed by atoms with Gasteiger partial charge in [-0.25, -0.2) is 9.78 Å². The molecule has 4 nitrogen and oxygen atoms in total. The summed E-state index contributed by atoms with van der Waals surface area (Å²) in [4.78, 5) is 17.6. The molecule has 5 heteroatoms. The largest absolute Gasteiger partial charge is 0.476 e. The van der Waals surface area contributed by atoms with Gasteiger partial charge in [-0.2, -0.15) is 0 Å². The number of piperidine rings is 1. The van der Waals surface area contributed by atoms with Crippen LogP contribution in [0.3, 0.4) is 0 Å². The summed E-state index contributed by atoms with van der Waals surface area (Å²) in [7, 11) is 0. The Bertz CT molecular complexity index is 671. The predicted molar refractivity (Wildman–Crippen MR) is 92.7 cm³/mol. The molecule has 3 rings (SSSR count). The van der Waals surface area contributed by atoms with E-state index in [1.165, 1.54) is 36.4 Å². The number of nitrogens with zero attached hydrogens (tertiary/aromatic N) is 2. The van der Waals surface area contributed by atoms with Crippen LogP contribution in [-0.2, 0) is 6.54 Å². The van der Waals surface area contributed by atoms with Crippen molar-refractivity contribution in [3.8, 4) is 10.6 Å². The fourth-order valence-corrected chi connectivity index (χ4v) is 4.24. The summed E-state index contributed by atoms with van der Waals surface area (Å²) in [5.74, 6) is 0.558. The summed E-state index contributed by atoms with van der Waals surface area (Å²) < 4.78 is 0. The lowest BCUT2D eigenvalue weighted by Crippen LogP contribution is -2.38. The number of hydrogen-bond donors (Lipinski definition) is 1. The zero-order valence-electron chi connectivity index (χ0n) is 13.5. The highest BCUT2D eigenvalue weighted by Gasteiger charge is 2.21. The number of hydrogen-bond acceptors (Lipinski definition) is 4. The van der Waals surface area contributed by atoms with Crippen molar-refractivity contribution in [2.75, 3.05) is 13.1 Å². The van der Waals surface area contributed by atoms with Gasteiger partial charge in [-0.05, 0) is 23.8 Å². The summed E-state index contributed by atoms with van der Waals surface area (Å²) in [6, 6.07) is 8.33. The Balaban J connectivity index is 1.68.